The lowest BCUT2D eigenvalue weighted by Gasteiger charge is -2.02. The summed E-state index contributed by atoms with van der Waals surface area (Å²) in [6.45, 7) is 1.88. The molecule has 0 aliphatic heterocycles. The van der Waals surface area contributed by atoms with E-state index < -0.39 is 0 Å². The maximum Gasteiger partial charge on any atom is 0.325 e. The van der Waals surface area contributed by atoms with E-state index in [9.17, 15) is 9.59 Å². The van der Waals surface area contributed by atoms with E-state index in [2.05, 4.69) is 0 Å². The van der Waals surface area contributed by atoms with Gasteiger partial charge in [-0.05, 0) is 39.2 Å². The highest BCUT2D eigenvalue weighted by molar-refractivity contribution is 7.67. The van der Waals surface area contributed by atoms with Gasteiger partial charge in [-0.1, -0.05) is 18.2 Å². The van der Waals surface area contributed by atoms with Crippen LogP contribution in [-0.2, 0) is 0 Å². The van der Waals surface area contributed by atoms with Crippen molar-refractivity contribution >= 4 is 20.7 Å². The SMILES string of the molecule is Cc1ccccc1-n1c(=O)ssc1=O. The van der Waals surface area contributed by atoms with Crippen LogP contribution in [0.1, 0.15) is 5.56 Å². The number of hydrogen-bond acceptors (Lipinski definition) is 4. The third-order valence-corrected chi connectivity index (χ3v) is 3.74. The molecule has 1 aromatic heterocycles. The van der Waals surface area contributed by atoms with Crippen LogP contribution in [0.2, 0.25) is 0 Å². The summed E-state index contributed by atoms with van der Waals surface area (Å²) in [5.41, 5.74) is 1.61. The number of hydrogen-bond donors (Lipinski definition) is 0. The van der Waals surface area contributed by atoms with Crippen LogP contribution in [0.3, 0.4) is 0 Å². The molecule has 0 aliphatic carbocycles. The van der Waals surface area contributed by atoms with Crippen LogP contribution >= 0.6 is 20.7 Å². The quantitative estimate of drug-likeness (QED) is 0.692. The first kappa shape index (κ1) is 9.36. The molecule has 0 aliphatic rings. The van der Waals surface area contributed by atoms with Crippen LogP contribution in [0.25, 0.3) is 5.69 Å². The summed E-state index contributed by atoms with van der Waals surface area (Å²) in [7, 11) is 1.94. The maximum atomic E-state index is 11.4. The molecule has 2 aromatic rings. The predicted octanol–water partition coefficient (Wildman–Crippen LogP) is 1.63. The topological polar surface area (TPSA) is 39.1 Å². The fourth-order valence-corrected chi connectivity index (χ4v) is 2.82. The molecule has 0 amide bonds. The largest absolute Gasteiger partial charge is 0.325 e. The first-order valence-electron chi connectivity index (χ1n) is 3.98. The molecule has 2 rings (SSSR count). The molecule has 0 bridgehead atoms. The van der Waals surface area contributed by atoms with Crippen molar-refractivity contribution in [1.82, 2.24) is 4.57 Å². The number of aromatic nitrogens is 1. The average molecular weight is 225 g/mol. The normalized spacial score (nSPS) is 10.4. The minimum Gasteiger partial charge on any atom is -0.255 e. The van der Waals surface area contributed by atoms with Gasteiger partial charge in [0.15, 0.2) is 0 Å². The molecule has 14 heavy (non-hydrogen) atoms. The molecule has 0 radical (unpaired) electrons. The van der Waals surface area contributed by atoms with Gasteiger partial charge in [0.25, 0.3) is 0 Å². The molecule has 1 aromatic carbocycles. The second-order valence-corrected chi connectivity index (χ2v) is 4.85. The smallest absolute Gasteiger partial charge is 0.255 e. The molecule has 0 saturated heterocycles. The zero-order chi connectivity index (χ0) is 10.1. The fourth-order valence-electron chi connectivity index (χ4n) is 1.23. The molecule has 72 valence electrons. The highest BCUT2D eigenvalue weighted by Gasteiger charge is 2.08. The molecule has 0 saturated carbocycles. The van der Waals surface area contributed by atoms with Gasteiger partial charge < -0.3 is 0 Å². The standard InChI is InChI=1S/C9H7NO2S2/c1-6-4-2-3-5-7(6)10-8(11)13-14-9(10)12/h2-5H,1H3. The van der Waals surface area contributed by atoms with Gasteiger partial charge >= 0.3 is 9.75 Å². The van der Waals surface area contributed by atoms with E-state index in [-0.39, 0.29) is 9.75 Å². The van der Waals surface area contributed by atoms with Crippen LogP contribution in [0, 0.1) is 6.92 Å². The van der Waals surface area contributed by atoms with E-state index in [1.165, 1.54) is 4.57 Å². The van der Waals surface area contributed by atoms with Gasteiger partial charge in [-0.25, -0.2) is 4.57 Å². The van der Waals surface area contributed by atoms with Crippen molar-refractivity contribution in [3.63, 3.8) is 0 Å². The number of aryl methyl sites for hydroxylation is 1. The summed E-state index contributed by atoms with van der Waals surface area (Å²) in [5.74, 6) is 0. The van der Waals surface area contributed by atoms with Crippen molar-refractivity contribution in [2.75, 3.05) is 0 Å². The van der Waals surface area contributed by atoms with Gasteiger partial charge in [-0.2, -0.15) is 0 Å². The van der Waals surface area contributed by atoms with Crippen molar-refractivity contribution in [3.8, 4) is 5.69 Å². The second-order valence-electron chi connectivity index (χ2n) is 2.82. The third kappa shape index (κ3) is 1.44. The zero-order valence-corrected chi connectivity index (χ0v) is 9.02. The number of rotatable bonds is 1. The van der Waals surface area contributed by atoms with Gasteiger partial charge in [-0.15, -0.1) is 0 Å². The van der Waals surface area contributed by atoms with Gasteiger partial charge in [0.05, 0.1) is 5.69 Å². The molecule has 0 atom stereocenters. The Balaban J connectivity index is 2.79. The summed E-state index contributed by atoms with van der Waals surface area (Å²) < 4.78 is 1.21. The Morgan fingerprint density at radius 3 is 2.21 bits per heavy atom. The van der Waals surface area contributed by atoms with E-state index >= 15 is 0 Å². The Hall–Kier alpha value is -1.20. The zero-order valence-electron chi connectivity index (χ0n) is 7.39. The molecular formula is C9H7NO2S2. The summed E-state index contributed by atoms with van der Waals surface area (Å²) in [5, 5.41) is 0. The minimum atomic E-state index is -0.214. The van der Waals surface area contributed by atoms with Crippen LogP contribution in [0.15, 0.2) is 33.9 Å². The van der Waals surface area contributed by atoms with Crippen molar-refractivity contribution in [1.29, 1.82) is 0 Å². The van der Waals surface area contributed by atoms with Crippen molar-refractivity contribution < 1.29 is 0 Å². The van der Waals surface area contributed by atoms with Gasteiger partial charge in [0.2, 0.25) is 0 Å². The third-order valence-electron chi connectivity index (χ3n) is 1.91. The van der Waals surface area contributed by atoms with Crippen molar-refractivity contribution in [2.24, 2.45) is 0 Å². The summed E-state index contributed by atoms with van der Waals surface area (Å²) in [6.07, 6.45) is 0. The van der Waals surface area contributed by atoms with Crippen LogP contribution in [0.5, 0.6) is 0 Å². The van der Waals surface area contributed by atoms with E-state index in [1.807, 2.05) is 25.1 Å². The van der Waals surface area contributed by atoms with E-state index in [0.29, 0.717) is 5.69 Å². The van der Waals surface area contributed by atoms with Crippen molar-refractivity contribution in [3.05, 3.63) is 49.2 Å². The summed E-state index contributed by atoms with van der Waals surface area (Å²) in [4.78, 5) is 22.3. The average Bonchev–Trinajstić information content (AvgIpc) is 2.48. The predicted molar refractivity (Wildman–Crippen MR) is 58.8 cm³/mol. The Morgan fingerprint density at radius 2 is 1.64 bits per heavy atom. The maximum absolute atomic E-state index is 11.4. The van der Waals surface area contributed by atoms with Gasteiger partial charge in [0.1, 0.15) is 0 Å². The highest BCUT2D eigenvalue weighted by atomic mass is 32.9. The minimum absolute atomic E-state index is 0.214. The lowest BCUT2D eigenvalue weighted by Crippen LogP contribution is -2.22. The Labute approximate surface area is 87.3 Å². The molecule has 5 heteroatoms. The lowest BCUT2D eigenvalue weighted by atomic mass is 10.2. The Bertz CT molecular complexity index is 537. The van der Waals surface area contributed by atoms with E-state index in [0.717, 1.165) is 26.2 Å². The second kappa shape index (κ2) is 3.51. The van der Waals surface area contributed by atoms with Crippen molar-refractivity contribution in [2.45, 2.75) is 6.92 Å². The fraction of sp³-hybridized carbons (Fsp3) is 0.111. The molecule has 3 nitrogen and oxygen atoms in total. The summed E-state index contributed by atoms with van der Waals surface area (Å²) >= 11 is 0. The monoisotopic (exact) mass is 225 g/mol. The lowest BCUT2D eigenvalue weighted by molar-refractivity contribution is 0.994. The van der Waals surface area contributed by atoms with Crippen LogP contribution in [0.4, 0.5) is 0 Å². The van der Waals surface area contributed by atoms with Gasteiger partial charge in [0, 0.05) is 0 Å². The summed E-state index contributed by atoms with van der Waals surface area (Å²) in [6, 6.07) is 7.35. The Morgan fingerprint density at radius 1 is 1.07 bits per heavy atom. The Kier molecular flexibility index (Phi) is 2.35. The first-order chi connectivity index (χ1) is 6.70. The highest BCUT2D eigenvalue weighted by Crippen LogP contribution is 2.10. The molecule has 0 spiro atoms. The molecule has 1 heterocycles. The number of benzene rings is 1. The van der Waals surface area contributed by atoms with Gasteiger partial charge in [-0.3, -0.25) is 9.59 Å². The first-order valence-corrected chi connectivity index (χ1v) is 6.13. The molecule has 0 N–H and O–H groups in total. The van der Waals surface area contributed by atoms with E-state index in [4.69, 9.17) is 0 Å². The molecular weight excluding hydrogens is 218 g/mol. The van der Waals surface area contributed by atoms with Crippen LogP contribution < -0.4 is 9.75 Å². The van der Waals surface area contributed by atoms with E-state index in [1.54, 1.807) is 6.07 Å². The molecule has 0 unspecified atom stereocenters. The number of para-hydroxylation sites is 1. The molecule has 0 fully saturated rings. The number of nitrogens with zero attached hydrogens (tertiary/aromatic N) is 1. The van der Waals surface area contributed by atoms with Crippen LogP contribution in [-0.4, -0.2) is 4.57 Å².